The third kappa shape index (κ3) is 2.17. The van der Waals surface area contributed by atoms with E-state index in [-0.39, 0.29) is 24.5 Å². The molecule has 6 nitrogen and oxygen atoms in total. The van der Waals surface area contributed by atoms with Crippen LogP contribution in [0, 0.1) is 5.92 Å². The smallest absolute Gasteiger partial charge is 0.257 e. The second kappa shape index (κ2) is 5.03. The number of piperidine rings is 1. The van der Waals surface area contributed by atoms with Gasteiger partial charge in [-0.05, 0) is 25.0 Å². The van der Waals surface area contributed by atoms with Crippen molar-refractivity contribution < 1.29 is 19.1 Å². The third-order valence-corrected chi connectivity index (χ3v) is 3.81. The Hall–Kier alpha value is -2.24. The molecule has 6 heteroatoms. The van der Waals surface area contributed by atoms with Crippen molar-refractivity contribution in [3.05, 3.63) is 23.8 Å². The van der Waals surface area contributed by atoms with Crippen molar-refractivity contribution >= 4 is 11.8 Å². The molecular weight excluding hydrogens is 260 g/mol. The minimum atomic E-state index is -0.283. The van der Waals surface area contributed by atoms with E-state index < -0.39 is 0 Å². The van der Waals surface area contributed by atoms with Crippen LogP contribution in [0.15, 0.2) is 18.2 Å². The highest BCUT2D eigenvalue weighted by molar-refractivity contribution is 5.98. The summed E-state index contributed by atoms with van der Waals surface area (Å²) in [7, 11) is 0. The molecule has 1 aromatic carbocycles. The summed E-state index contributed by atoms with van der Waals surface area (Å²) in [6, 6.07) is 5.28. The van der Waals surface area contributed by atoms with Crippen LogP contribution in [0.2, 0.25) is 0 Å². The van der Waals surface area contributed by atoms with Gasteiger partial charge in [-0.2, -0.15) is 0 Å². The summed E-state index contributed by atoms with van der Waals surface area (Å²) in [6.07, 6.45) is 1.24. The van der Waals surface area contributed by atoms with Gasteiger partial charge in [0.25, 0.3) is 5.91 Å². The van der Waals surface area contributed by atoms with Crippen LogP contribution in [0.4, 0.5) is 0 Å². The highest BCUT2D eigenvalue weighted by Crippen LogP contribution is 2.36. The highest BCUT2D eigenvalue weighted by atomic mass is 16.7. The molecule has 0 radical (unpaired) electrons. The van der Waals surface area contributed by atoms with Crippen LogP contribution in [-0.2, 0) is 4.79 Å². The van der Waals surface area contributed by atoms with Gasteiger partial charge in [-0.3, -0.25) is 9.59 Å². The SMILES string of the molecule is NC(=O)C1CCN(C(=O)c2cccc3c2OCO3)CC1. The highest BCUT2D eigenvalue weighted by Gasteiger charge is 2.29. The zero-order valence-corrected chi connectivity index (χ0v) is 11.0. The molecule has 20 heavy (non-hydrogen) atoms. The zero-order valence-electron chi connectivity index (χ0n) is 11.0. The van der Waals surface area contributed by atoms with E-state index in [1.165, 1.54) is 0 Å². The van der Waals surface area contributed by atoms with Crippen molar-refractivity contribution in [1.82, 2.24) is 4.90 Å². The fourth-order valence-electron chi connectivity index (χ4n) is 2.64. The molecule has 1 saturated heterocycles. The Labute approximate surface area is 116 Å². The molecule has 1 fully saturated rings. The van der Waals surface area contributed by atoms with Crippen LogP contribution in [0.5, 0.6) is 11.5 Å². The summed E-state index contributed by atoms with van der Waals surface area (Å²) in [6.45, 7) is 1.22. The van der Waals surface area contributed by atoms with E-state index in [9.17, 15) is 9.59 Å². The summed E-state index contributed by atoms with van der Waals surface area (Å²) in [5, 5.41) is 0. The molecule has 0 bridgehead atoms. The molecule has 2 N–H and O–H groups in total. The average Bonchev–Trinajstić information content (AvgIpc) is 2.95. The molecule has 2 aliphatic heterocycles. The monoisotopic (exact) mass is 276 g/mol. The minimum Gasteiger partial charge on any atom is -0.454 e. The number of rotatable bonds is 2. The molecule has 106 valence electrons. The maximum absolute atomic E-state index is 12.5. The second-order valence-corrected chi connectivity index (χ2v) is 5.01. The van der Waals surface area contributed by atoms with E-state index in [0.29, 0.717) is 43.0 Å². The lowest BCUT2D eigenvalue weighted by atomic mass is 9.96. The van der Waals surface area contributed by atoms with Crippen molar-refractivity contribution in [1.29, 1.82) is 0 Å². The van der Waals surface area contributed by atoms with Crippen LogP contribution in [0.1, 0.15) is 23.2 Å². The third-order valence-electron chi connectivity index (χ3n) is 3.81. The number of hydrogen-bond acceptors (Lipinski definition) is 4. The molecule has 0 spiro atoms. The van der Waals surface area contributed by atoms with Crippen LogP contribution < -0.4 is 15.2 Å². The number of amides is 2. The lowest BCUT2D eigenvalue weighted by molar-refractivity contribution is -0.123. The molecule has 3 rings (SSSR count). The van der Waals surface area contributed by atoms with E-state index >= 15 is 0 Å². The van der Waals surface area contributed by atoms with E-state index in [1.54, 1.807) is 23.1 Å². The van der Waals surface area contributed by atoms with Crippen molar-refractivity contribution in [3.8, 4) is 11.5 Å². The van der Waals surface area contributed by atoms with Gasteiger partial charge in [-0.1, -0.05) is 6.07 Å². The maximum Gasteiger partial charge on any atom is 0.257 e. The van der Waals surface area contributed by atoms with Crippen molar-refractivity contribution in [3.63, 3.8) is 0 Å². The second-order valence-electron chi connectivity index (χ2n) is 5.01. The fourth-order valence-corrected chi connectivity index (χ4v) is 2.64. The molecule has 0 saturated carbocycles. The Bertz CT molecular complexity index is 550. The molecule has 0 aromatic heterocycles. The largest absolute Gasteiger partial charge is 0.454 e. The molecule has 0 aliphatic carbocycles. The Morgan fingerprint density at radius 2 is 1.95 bits per heavy atom. The minimum absolute atomic E-state index is 0.0877. The normalized spacial score (nSPS) is 18.1. The first-order valence-corrected chi connectivity index (χ1v) is 6.64. The number of nitrogens with zero attached hydrogens (tertiary/aromatic N) is 1. The number of benzene rings is 1. The molecule has 0 atom stereocenters. The first-order valence-electron chi connectivity index (χ1n) is 6.64. The van der Waals surface area contributed by atoms with Gasteiger partial charge in [0.15, 0.2) is 11.5 Å². The van der Waals surface area contributed by atoms with Gasteiger partial charge in [0, 0.05) is 19.0 Å². The number of para-hydroxylation sites is 1. The van der Waals surface area contributed by atoms with Gasteiger partial charge in [0.05, 0.1) is 5.56 Å². The molecule has 2 heterocycles. The first kappa shape index (κ1) is 12.8. The van der Waals surface area contributed by atoms with Crippen LogP contribution in [-0.4, -0.2) is 36.6 Å². The summed E-state index contributed by atoms with van der Waals surface area (Å²) in [5.74, 6) is 0.613. The molecule has 2 aliphatic rings. The van der Waals surface area contributed by atoms with Gasteiger partial charge < -0.3 is 20.1 Å². The van der Waals surface area contributed by atoms with E-state index in [1.807, 2.05) is 0 Å². The number of fused-ring (bicyclic) bond motifs is 1. The van der Waals surface area contributed by atoms with E-state index in [2.05, 4.69) is 0 Å². The van der Waals surface area contributed by atoms with Gasteiger partial charge in [-0.15, -0.1) is 0 Å². The number of ether oxygens (including phenoxy) is 2. The van der Waals surface area contributed by atoms with Crippen molar-refractivity contribution in [2.24, 2.45) is 11.7 Å². The summed E-state index contributed by atoms with van der Waals surface area (Å²) in [5.41, 5.74) is 5.81. The fraction of sp³-hybridized carbons (Fsp3) is 0.429. The predicted molar refractivity (Wildman–Crippen MR) is 70.4 cm³/mol. The van der Waals surface area contributed by atoms with Crippen LogP contribution in [0.3, 0.4) is 0 Å². The Balaban J connectivity index is 1.75. The Morgan fingerprint density at radius 1 is 1.20 bits per heavy atom. The molecule has 1 aromatic rings. The molecular formula is C14H16N2O4. The quantitative estimate of drug-likeness (QED) is 0.864. The topological polar surface area (TPSA) is 81.9 Å². The summed E-state index contributed by atoms with van der Waals surface area (Å²) < 4.78 is 10.6. The number of nitrogens with two attached hydrogens (primary N) is 1. The molecule has 2 amide bonds. The van der Waals surface area contributed by atoms with Gasteiger partial charge >= 0.3 is 0 Å². The standard InChI is InChI=1S/C14H16N2O4/c15-13(17)9-4-6-16(7-5-9)14(18)10-2-1-3-11-12(10)20-8-19-11/h1-3,9H,4-8H2,(H2,15,17). The Kier molecular flexibility index (Phi) is 3.22. The van der Waals surface area contributed by atoms with Crippen molar-refractivity contribution in [2.75, 3.05) is 19.9 Å². The summed E-state index contributed by atoms with van der Waals surface area (Å²) in [4.78, 5) is 25.4. The zero-order chi connectivity index (χ0) is 14.1. The van der Waals surface area contributed by atoms with Crippen LogP contribution >= 0.6 is 0 Å². The number of carbonyl (C=O) groups is 2. The van der Waals surface area contributed by atoms with Gasteiger partial charge in [0.1, 0.15) is 0 Å². The van der Waals surface area contributed by atoms with E-state index in [4.69, 9.17) is 15.2 Å². The number of primary amides is 1. The van der Waals surface area contributed by atoms with Gasteiger partial charge in [-0.25, -0.2) is 0 Å². The summed E-state index contributed by atoms with van der Waals surface area (Å²) >= 11 is 0. The lowest BCUT2D eigenvalue weighted by Gasteiger charge is -2.30. The lowest BCUT2D eigenvalue weighted by Crippen LogP contribution is -2.41. The number of hydrogen-bond donors (Lipinski definition) is 1. The predicted octanol–water partition coefficient (Wildman–Crippen LogP) is 0.753. The number of likely N-dealkylation sites (tertiary alicyclic amines) is 1. The number of carbonyl (C=O) groups excluding carboxylic acids is 2. The average molecular weight is 276 g/mol. The van der Waals surface area contributed by atoms with E-state index in [0.717, 1.165) is 0 Å². The first-order chi connectivity index (χ1) is 9.66. The van der Waals surface area contributed by atoms with Crippen LogP contribution in [0.25, 0.3) is 0 Å². The van der Waals surface area contributed by atoms with Gasteiger partial charge in [0.2, 0.25) is 12.7 Å². The molecule has 0 unspecified atom stereocenters. The Morgan fingerprint density at radius 3 is 2.65 bits per heavy atom. The van der Waals surface area contributed by atoms with Crippen molar-refractivity contribution in [2.45, 2.75) is 12.8 Å². The maximum atomic E-state index is 12.5.